The molecule has 8 nitrogen and oxygen atoms in total. The topological polar surface area (TPSA) is 120 Å². The Morgan fingerprint density at radius 1 is 0.809 bits per heavy atom. The van der Waals surface area contributed by atoms with E-state index in [0.717, 1.165) is 33.6 Å². The Bertz CT molecular complexity index is 2320. The van der Waals surface area contributed by atoms with Crippen molar-refractivity contribution in [3.05, 3.63) is 125 Å². The first-order valence-corrected chi connectivity index (χ1v) is 16.6. The molecular formula is C38H34N2O6S. The Morgan fingerprint density at radius 3 is 2.23 bits per heavy atom. The van der Waals surface area contributed by atoms with Gasteiger partial charge >= 0.3 is 5.97 Å². The quantitative estimate of drug-likeness (QED) is 0.126. The second-order valence-electron chi connectivity index (χ2n) is 11.8. The number of carboxylic acids is 1. The van der Waals surface area contributed by atoms with Crippen LogP contribution >= 0.6 is 0 Å². The lowest BCUT2D eigenvalue weighted by molar-refractivity contribution is -0.136. The fourth-order valence-electron chi connectivity index (χ4n) is 6.07. The van der Waals surface area contributed by atoms with Gasteiger partial charge in [-0.05, 0) is 81.3 Å². The average Bonchev–Trinajstić information content (AvgIpc) is 3.01. The summed E-state index contributed by atoms with van der Waals surface area (Å²) in [5.74, 6) is -0.454. The fraction of sp³-hybridized carbons (Fsp3) is 0.158. The number of carbonyl (C=O) groups is 1. The molecule has 0 atom stereocenters. The molecule has 0 saturated heterocycles. The van der Waals surface area contributed by atoms with E-state index in [1.54, 1.807) is 18.2 Å². The van der Waals surface area contributed by atoms with Crippen LogP contribution in [0.5, 0.6) is 0 Å². The monoisotopic (exact) mass is 646 g/mol. The molecule has 6 rings (SSSR count). The van der Waals surface area contributed by atoms with E-state index in [0.29, 0.717) is 44.5 Å². The van der Waals surface area contributed by atoms with E-state index in [1.807, 2.05) is 99.3 Å². The predicted molar refractivity (Wildman–Crippen MR) is 184 cm³/mol. The molecule has 1 aliphatic heterocycles. The van der Waals surface area contributed by atoms with Crippen molar-refractivity contribution in [2.24, 2.45) is 4.99 Å². The third-order valence-corrected chi connectivity index (χ3v) is 9.14. The number of benzene rings is 5. The van der Waals surface area contributed by atoms with E-state index >= 15 is 0 Å². The number of aliphatic carboxylic acids is 1. The van der Waals surface area contributed by atoms with Crippen LogP contribution in [-0.4, -0.2) is 30.6 Å². The highest BCUT2D eigenvalue weighted by Gasteiger charge is 2.24. The zero-order chi connectivity index (χ0) is 33.5. The van der Waals surface area contributed by atoms with Crippen LogP contribution in [0.4, 0.5) is 17.1 Å². The number of carboxylic acid groups (broad SMARTS) is 1. The zero-order valence-electron chi connectivity index (χ0n) is 26.5. The third-order valence-electron chi connectivity index (χ3n) is 8.23. The molecule has 2 aliphatic rings. The lowest BCUT2D eigenvalue weighted by Crippen LogP contribution is -2.21. The van der Waals surface area contributed by atoms with Crippen LogP contribution in [0.2, 0.25) is 0 Å². The number of fused-ring (bicyclic) bond motifs is 2. The summed E-state index contributed by atoms with van der Waals surface area (Å²) in [5, 5.41) is 10.8. The van der Waals surface area contributed by atoms with Crippen molar-refractivity contribution in [3.8, 4) is 22.5 Å². The van der Waals surface area contributed by atoms with Crippen molar-refractivity contribution < 1.29 is 27.3 Å². The van der Waals surface area contributed by atoms with Crippen LogP contribution in [-0.2, 0) is 14.9 Å². The van der Waals surface area contributed by atoms with Gasteiger partial charge < -0.3 is 14.4 Å². The van der Waals surface area contributed by atoms with Crippen molar-refractivity contribution in [1.82, 2.24) is 0 Å². The molecule has 4 aromatic carbocycles. The Balaban J connectivity index is 1.64. The maximum atomic E-state index is 12.6. The van der Waals surface area contributed by atoms with E-state index in [1.165, 1.54) is 6.07 Å². The molecular weight excluding hydrogens is 612 g/mol. The van der Waals surface area contributed by atoms with Crippen molar-refractivity contribution in [2.45, 2.75) is 39.0 Å². The molecule has 0 saturated carbocycles. The molecule has 1 aliphatic carbocycles. The summed E-state index contributed by atoms with van der Waals surface area (Å²) in [5.41, 5.74) is 8.62. The largest absolute Gasteiger partial charge is 0.481 e. The van der Waals surface area contributed by atoms with Gasteiger partial charge in [-0.25, -0.2) is 4.99 Å². The first-order valence-electron chi connectivity index (χ1n) is 15.1. The van der Waals surface area contributed by atoms with Crippen LogP contribution in [0.25, 0.3) is 33.4 Å². The molecule has 0 unspecified atom stereocenters. The Labute approximate surface area is 273 Å². The Kier molecular flexibility index (Phi) is 8.44. The minimum atomic E-state index is -4.57. The summed E-state index contributed by atoms with van der Waals surface area (Å²) in [7, 11) is -4.57. The standard InChI is InChI=1S/C38H34N2O6S/c1-23-9-15-32(25(3)19-23)39-27-11-13-29-34(21-27)46-35-22-28(40(18-17-37(41)42)33-16-10-24(2)20-26(33)4)12-14-30(35)38(29)31-7-5-6-8-36(31)47(43,44)45/h5-16,19-22H,17-18H2,1-4H3,(H,41,42)(H,43,44,45). The zero-order valence-corrected chi connectivity index (χ0v) is 27.3. The van der Waals surface area contributed by atoms with Gasteiger partial charge in [-0.2, -0.15) is 8.42 Å². The molecule has 0 fully saturated rings. The molecule has 0 amide bonds. The normalized spacial score (nSPS) is 12.1. The fourth-order valence-corrected chi connectivity index (χ4v) is 6.77. The molecule has 47 heavy (non-hydrogen) atoms. The van der Waals surface area contributed by atoms with Gasteiger partial charge in [0.25, 0.3) is 10.1 Å². The average molecular weight is 647 g/mol. The van der Waals surface area contributed by atoms with Crippen LogP contribution in [0.1, 0.15) is 28.7 Å². The maximum absolute atomic E-state index is 12.6. The summed E-state index contributed by atoms with van der Waals surface area (Å²) in [6.07, 6.45) is -0.0868. The van der Waals surface area contributed by atoms with Gasteiger partial charge in [0.05, 0.1) is 17.5 Å². The van der Waals surface area contributed by atoms with Crippen molar-refractivity contribution in [2.75, 3.05) is 11.4 Å². The van der Waals surface area contributed by atoms with Crippen LogP contribution in [0.15, 0.2) is 111 Å². The predicted octanol–water partition coefficient (Wildman–Crippen LogP) is 8.53. The molecule has 9 heteroatoms. The van der Waals surface area contributed by atoms with E-state index in [4.69, 9.17) is 9.41 Å². The van der Waals surface area contributed by atoms with E-state index in [-0.39, 0.29) is 17.9 Å². The number of rotatable bonds is 8. The first-order chi connectivity index (χ1) is 22.4. The summed E-state index contributed by atoms with van der Waals surface area (Å²) in [6, 6.07) is 29.4. The minimum Gasteiger partial charge on any atom is -0.481 e. The molecule has 0 aromatic heterocycles. The smallest absolute Gasteiger partial charge is 0.305 e. The third kappa shape index (κ3) is 6.54. The van der Waals surface area contributed by atoms with Crippen molar-refractivity contribution >= 4 is 44.1 Å². The highest BCUT2D eigenvalue weighted by Crippen LogP contribution is 2.43. The highest BCUT2D eigenvalue weighted by atomic mass is 32.2. The maximum Gasteiger partial charge on any atom is 0.305 e. The van der Waals surface area contributed by atoms with Crippen LogP contribution in [0.3, 0.4) is 0 Å². The summed E-state index contributed by atoms with van der Waals surface area (Å²) >= 11 is 0. The molecule has 1 heterocycles. The molecule has 238 valence electrons. The minimum absolute atomic E-state index is 0.0868. The van der Waals surface area contributed by atoms with Gasteiger partial charge in [0.2, 0.25) is 0 Å². The molecule has 4 aromatic rings. The molecule has 0 radical (unpaired) electrons. The summed E-state index contributed by atoms with van der Waals surface area (Å²) in [4.78, 5) is 18.2. The van der Waals surface area contributed by atoms with E-state index in [2.05, 4.69) is 6.07 Å². The number of hydrogen-bond donors (Lipinski definition) is 2. The van der Waals surface area contributed by atoms with Gasteiger partial charge in [0.15, 0.2) is 0 Å². The highest BCUT2D eigenvalue weighted by molar-refractivity contribution is 7.86. The molecule has 2 N–H and O–H groups in total. The van der Waals surface area contributed by atoms with Crippen LogP contribution < -0.4 is 10.3 Å². The van der Waals surface area contributed by atoms with Crippen molar-refractivity contribution in [3.63, 3.8) is 0 Å². The van der Waals surface area contributed by atoms with Gasteiger partial charge in [0.1, 0.15) is 16.2 Å². The summed E-state index contributed by atoms with van der Waals surface area (Å²) in [6.45, 7) is 8.24. The van der Waals surface area contributed by atoms with Gasteiger partial charge in [-0.15, -0.1) is 0 Å². The van der Waals surface area contributed by atoms with Crippen LogP contribution in [0, 0.1) is 27.7 Å². The lowest BCUT2D eigenvalue weighted by atomic mass is 9.93. The molecule has 0 bridgehead atoms. The number of aryl methyl sites for hydroxylation is 4. The second kappa shape index (κ2) is 12.5. The first kappa shape index (κ1) is 31.7. The molecule has 0 spiro atoms. The SMILES string of the molecule is Cc1ccc(N=c2ccc3c(-c4ccccc4S(=O)(=O)O)c4ccc(N(CCC(=O)O)c5ccc(C)cc5C)cc4oc-3c2)c(C)c1. The summed E-state index contributed by atoms with van der Waals surface area (Å²) < 4.78 is 41.9. The van der Waals surface area contributed by atoms with Crippen molar-refractivity contribution in [1.29, 1.82) is 0 Å². The van der Waals surface area contributed by atoms with E-state index in [9.17, 15) is 22.9 Å². The number of anilines is 2. The van der Waals surface area contributed by atoms with Gasteiger partial charge in [0, 0.05) is 52.1 Å². The van der Waals surface area contributed by atoms with Gasteiger partial charge in [-0.3, -0.25) is 9.35 Å². The second-order valence-corrected chi connectivity index (χ2v) is 13.2. The Morgan fingerprint density at radius 2 is 1.53 bits per heavy atom. The number of hydrogen-bond acceptors (Lipinski definition) is 6. The Hall–Kier alpha value is -5.25. The van der Waals surface area contributed by atoms with Gasteiger partial charge in [-0.1, -0.05) is 53.6 Å². The van der Waals surface area contributed by atoms with E-state index < -0.39 is 16.1 Å². The number of nitrogens with zero attached hydrogens (tertiary/aromatic N) is 2. The lowest BCUT2D eigenvalue weighted by Gasteiger charge is -2.27.